The van der Waals surface area contributed by atoms with E-state index in [1.807, 2.05) is 43.6 Å². The van der Waals surface area contributed by atoms with E-state index < -0.39 is 7.59 Å². The highest BCUT2D eigenvalue weighted by atomic mass is 31.2. The molecule has 0 saturated carbocycles. The van der Waals surface area contributed by atoms with E-state index in [0.29, 0.717) is 12.1 Å². The molecule has 9 heteroatoms. The fourth-order valence-electron chi connectivity index (χ4n) is 5.06. The van der Waals surface area contributed by atoms with Gasteiger partial charge in [0.1, 0.15) is 5.82 Å². The molecule has 0 amide bonds. The highest BCUT2D eigenvalue weighted by molar-refractivity contribution is 7.56. The Morgan fingerprint density at radius 2 is 1.80 bits per heavy atom. The minimum absolute atomic E-state index is 0.204. The molecule has 2 unspecified atom stereocenters. The van der Waals surface area contributed by atoms with E-state index in [-0.39, 0.29) is 5.82 Å². The van der Waals surface area contributed by atoms with Crippen LogP contribution in [0.1, 0.15) is 24.3 Å². The first kappa shape index (κ1) is 21.9. The third-order valence-electron chi connectivity index (χ3n) is 6.64. The van der Waals surface area contributed by atoms with Gasteiger partial charge in [-0.1, -0.05) is 0 Å². The summed E-state index contributed by atoms with van der Waals surface area (Å²) in [5.41, 5.74) is 2.16. The molecule has 0 aliphatic carbocycles. The average Bonchev–Trinajstić information content (AvgIpc) is 3.16. The number of halogens is 1. The van der Waals surface area contributed by atoms with Gasteiger partial charge in [0, 0.05) is 43.3 Å². The monoisotopic (exact) mass is 436 g/mol. The molecule has 2 N–H and O–H groups in total. The Kier molecular flexibility index (Phi) is 6.35. The van der Waals surface area contributed by atoms with Gasteiger partial charge >= 0.3 is 0 Å². The molecule has 4 rings (SSSR count). The number of rotatable bonds is 5. The zero-order chi connectivity index (χ0) is 21.5. The quantitative estimate of drug-likeness (QED) is 0.703. The maximum Gasteiger partial charge on any atom is 0.285 e. The molecule has 2 fully saturated rings. The summed E-state index contributed by atoms with van der Waals surface area (Å²) in [4.78, 5) is 5.74. The maximum atomic E-state index is 13.5. The van der Waals surface area contributed by atoms with Crippen LogP contribution >= 0.6 is 7.59 Å². The van der Waals surface area contributed by atoms with Gasteiger partial charge in [-0.2, -0.15) is 0 Å². The van der Waals surface area contributed by atoms with Crippen molar-refractivity contribution in [1.29, 1.82) is 0 Å². The second-order valence-electron chi connectivity index (χ2n) is 8.82. The predicted molar refractivity (Wildman–Crippen MR) is 120 cm³/mol. The van der Waals surface area contributed by atoms with Crippen LogP contribution in [-0.4, -0.2) is 91.0 Å². The molecule has 7 nitrogen and oxygen atoms in total. The van der Waals surface area contributed by atoms with Gasteiger partial charge in [-0.25, -0.2) is 18.4 Å². The van der Waals surface area contributed by atoms with Gasteiger partial charge in [-0.3, -0.25) is 9.46 Å². The predicted octanol–water partition coefficient (Wildman–Crippen LogP) is 2.95. The summed E-state index contributed by atoms with van der Waals surface area (Å²) in [6.45, 7) is 4.35. The number of benzene rings is 1. The number of fused-ring (bicyclic) bond motifs is 1. The summed E-state index contributed by atoms with van der Waals surface area (Å²) in [7, 11) is 4.92. The van der Waals surface area contributed by atoms with Crippen LogP contribution in [0, 0.1) is 5.82 Å². The SMILES string of the molecule is CN(C)P(=O)(N(C)C)N1CCN(C2CC(c3c[nH]c4cc(F)ccc34)CCN2)CC1. The third-order valence-corrected chi connectivity index (χ3v) is 9.86. The second-order valence-corrected chi connectivity index (χ2v) is 12.0. The summed E-state index contributed by atoms with van der Waals surface area (Å²) >= 11 is 0. The lowest BCUT2D eigenvalue weighted by atomic mass is 9.88. The van der Waals surface area contributed by atoms with Gasteiger partial charge < -0.3 is 10.3 Å². The normalized spacial score (nSPS) is 24.9. The van der Waals surface area contributed by atoms with E-state index in [0.717, 1.165) is 56.5 Å². The molecule has 166 valence electrons. The van der Waals surface area contributed by atoms with Crippen molar-refractivity contribution in [2.45, 2.75) is 24.9 Å². The highest BCUT2D eigenvalue weighted by Crippen LogP contribution is 2.53. The summed E-state index contributed by atoms with van der Waals surface area (Å²) < 4.78 is 32.9. The van der Waals surface area contributed by atoms with Gasteiger partial charge in [0.25, 0.3) is 7.59 Å². The summed E-state index contributed by atoms with van der Waals surface area (Å²) in [6, 6.07) is 5.02. The first-order valence-corrected chi connectivity index (χ1v) is 12.3. The van der Waals surface area contributed by atoms with Crippen molar-refractivity contribution in [1.82, 2.24) is 29.2 Å². The van der Waals surface area contributed by atoms with Gasteiger partial charge in [-0.15, -0.1) is 0 Å². The Balaban J connectivity index is 1.43. The first-order valence-electron chi connectivity index (χ1n) is 10.8. The molecule has 0 spiro atoms. The van der Waals surface area contributed by atoms with E-state index >= 15 is 0 Å². The molecular weight excluding hydrogens is 402 g/mol. The molecule has 2 aromatic rings. The summed E-state index contributed by atoms with van der Waals surface area (Å²) in [6.07, 6.45) is 4.48. The Morgan fingerprint density at radius 1 is 1.10 bits per heavy atom. The average molecular weight is 437 g/mol. The molecule has 2 aliphatic rings. The summed E-state index contributed by atoms with van der Waals surface area (Å²) in [5, 5.41) is 4.81. The van der Waals surface area contributed by atoms with Gasteiger partial charge in [0.15, 0.2) is 0 Å². The molecular formula is C21H34FN6OP. The number of piperidine rings is 1. The molecule has 30 heavy (non-hydrogen) atoms. The van der Waals surface area contributed by atoms with Crippen LogP contribution < -0.4 is 5.32 Å². The minimum Gasteiger partial charge on any atom is -0.361 e. The molecule has 2 saturated heterocycles. The number of nitrogens with zero attached hydrogens (tertiary/aromatic N) is 4. The zero-order valence-electron chi connectivity index (χ0n) is 18.4. The number of H-pyrrole nitrogens is 1. The van der Waals surface area contributed by atoms with Crippen molar-refractivity contribution in [3.05, 3.63) is 35.8 Å². The second kappa shape index (κ2) is 8.69. The van der Waals surface area contributed by atoms with Crippen LogP contribution in [0.5, 0.6) is 0 Å². The van der Waals surface area contributed by atoms with Gasteiger partial charge in [0.05, 0.1) is 6.17 Å². The standard InChI is InChI=1S/C21H34FN6OP/c1-25(2)30(29,26(3)4)28-11-9-27(10-12-28)21-13-16(7-8-23-21)19-15-24-20-14-17(22)5-6-18(19)20/h5-6,14-16,21,23-24H,7-13H2,1-4H3. The Morgan fingerprint density at radius 3 is 2.47 bits per heavy atom. The van der Waals surface area contributed by atoms with Crippen molar-refractivity contribution < 1.29 is 8.96 Å². The Labute approximate surface area is 178 Å². The number of nitrogens with one attached hydrogen (secondary N) is 2. The van der Waals surface area contributed by atoms with E-state index in [1.54, 1.807) is 12.1 Å². The molecule has 2 atom stereocenters. The lowest BCUT2D eigenvalue weighted by molar-refractivity contribution is 0.0863. The van der Waals surface area contributed by atoms with Crippen LogP contribution in [0.15, 0.2) is 24.4 Å². The largest absolute Gasteiger partial charge is 0.361 e. The van der Waals surface area contributed by atoms with Gasteiger partial charge in [-0.05, 0) is 77.3 Å². The fourth-order valence-corrected chi connectivity index (χ4v) is 7.49. The summed E-state index contributed by atoms with van der Waals surface area (Å²) in [5.74, 6) is 0.243. The van der Waals surface area contributed by atoms with E-state index in [2.05, 4.69) is 26.1 Å². The Bertz CT molecular complexity index is 911. The molecule has 1 aromatic heterocycles. The maximum absolute atomic E-state index is 13.5. The van der Waals surface area contributed by atoms with Gasteiger partial charge in [0.2, 0.25) is 0 Å². The number of aromatic amines is 1. The van der Waals surface area contributed by atoms with E-state index in [4.69, 9.17) is 0 Å². The molecule has 2 aliphatic heterocycles. The number of hydrogen-bond donors (Lipinski definition) is 2. The number of aromatic nitrogens is 1. The van der Waals surface area contributed by atoms with Crippen molar-refractivity contribution in [2.24, 2.45) is 0 Å². The minimum atomic E-state index is -2.67. The van der Waals surface area contributed by atoms with Crippen LogP contribution in [0.25, 0.3) is 10.9 Å². The molecule has 1 aromatic carbocycles. The zero-order valence-corrected chi connectivity index (χ0v) is 19.3. The van der Waals surface area contributed by atoms with Crippen molar-refractivity contribution >= 4 is 18.5 Å². The lowest BCUT2D eigenvalue weighted by Crippen LogP contribution is -2.57. The first-order chi connectivity index (χ1) is 14.3. The fraction of sp³-hybridized carbons (Fsp3) is 0.619. The van der Waals surface area contributed by atoms with Crippen LogP contribution in [0.4, 0.5) is 4.39 Å². The van der Waals surface area contributed by atoms with E-state index in [9.17, 15) is 8.96 Å². The number of hydrogen-bond acceptors (Lipinski definition) is 3. The molecule has 0 radical (unpaired) electrons. The van der Waals surface area contributed by atoms with Crippen LogP contribution in [0.3, 0.4) is 0 Å². The van der Waals surface area contributed by atoms with Crippen molar-refractivity contribution in [3.8, 4) is 0 Å². The van der Waals surface area contributed by atoms with Crippen LogP contribution in [0.2, 0.25) is 0 Å². The molecule has 3 heterocycles. The lowest BCUT2D eigenvalue weighted by Gasteiger charge is -2.46. The topological polar surface area (TPSA) is 57.9 Å². The highest BCUT2D eigenvalue weighted by Gasteiger charge is 2.39. The van der Waals surface area contributed by atoms with Crippen molar-refractivity contribution in [3.63, 3.8) is 0 Å². The smallest absolute Gasteiger partial charge is 0.285 e. The van der Waals surface area contributed by atoms with Crippen LogP contribution in [-0.2, 0) is 4.57 Å². The van der Waals surface area contributed by atoms with E-state index in [1.165, 1.54) is 5.56 Å². The van der Waals surface area contributed by atoms with Crippen molar-refractivity contribution in [2.75, 3.05) is 60.9 Å². The molecule has 0 bridgehead atoms. The Hall–Kier alpha value is -1.28. The number of piperazine rings is 1. The third kappa shape index (κ3) is 3.97.